The number of hydrazine groups is 3. The van der Waals surface area contributed by atoms with Crippen molar-refractivity contribution in [1.29, 1.82) is 0 Å². The first-order valence-corrected chi connectivity index (χ1v) is 2.07. The van der Waals surface area contributed by atoms with Gasteiger partial charge in [-0.15, -0.1) is 5.10 Å². The summed E-state index contributed by atoms with van der Waals surface area (Å²) >= 11 is 0. The number of hydrogen-bond donors (Lipinski definition) is 4. The van der Waals surface area contributed by atoms with E-state index in [1.807, 2.05) is 5.43 Å². The quantitative estimate of drug-likeness (QED) is 0.102. The van der Waals surface area contributed by atoms with Crippen molar-refractivity contribution in [1.82, 2.24) is 10.5 Å². The zero-order valence-corrected chi connectivity index (χ0v) is 4.89. The van der Waals surface area contributed by atoms with Crippen molar-refractivity contribution in [3.05, 3.63) is 10.1 Å². The van der Waals surface area contributed by atoms with Crippen molar-refractivity contribution in [2.45, 2.75) is 0 Å². The molecule has 0 heterocycles. The van der Waals surface area contributed by atoms with Gasteiger partial charge in [0.15, 0.2) is 5.03 Å². The van der Waals surface area contributed by atoms with E-state index in [0.717, 1.165) is 0 Å². The van der Waals surface area contributed by atoms with E-state index in [9.17, 15) is 10.1 Å². The van der Waals surface area contributed by atoms with Crippen molar-refractivity contribution < 1.29 is 5.03 Å². The molecule has 7 N–H and O–H groups in total. The lowest BCUT2D eigenvalue weighted by atomic mass is 11.0. The molecular formula is CH7N7O2. The first-order chi connectivity index (χ1) is 4.63. The van der Waals surface area contributed by atoms with Crippen molar-refractivity contribution in [3.8, 4) is 0 Å². The maximum atomic E-state index is 9.83. The van der Waals surface area contributed by atoms with Crippen LogP contribution in [0.5, 0.6) is 0 Å². The molecule has 0 saturated heterocycles. The van der Waals surface area contributed by atoms with E-state index in [1.54, 1.807) is 0 Å². The van der Waals surface area contributed by atoms with Crippen molar-refractivity contribution in [3.63, 3.8) is 0 Å². The predicted octanol–water partition coefficient (Wildman–Crippen LogP) is -2.95. The molecule has 9 heteroatoms. The fraction of sp³-hybridized carbons (Fsp3) is 0. The van der Waals surface area contributed by atoms with E-state index in [1.165, 1.54) is 0 Å². The number of nitro groups is 1. The van der Waals surface area contributed by atoms with Gasteiger partial charge in [-0.3, -0.25) is 5.43 Å². The summed E-state index contributed by atoms with van der Waals surface area (Å²) < 4.78 is 0. The summed E-state index contributed by atoms with van der Waals surface area (Å²) in [7, 11) is 0. The number of nitrogens with two attached hydrogens (primary N) is 3. The van der Waals surface area contributed by atoms with E-state index in [-0.39, 0.29) is 5.12 Å². The van der Waals surface area contributed by atoms with Gasteiger partial charge in [0, 0.05) is 5.12 Å². The highest BCUT2D eigenvalue weighted by Gasteiger charge is 2.14. The summed E-state index contributed by atoms with van der Waals surface area (Å²) in [6.45, 7) is 0. The molecule has 0 bridgehead atoms. The molecule has 0 aromatic heterocycles. The Labute approximate surface area is 55.5 Å². The number of rotatable bonds is 1. The molecule has 9 nitrogen and oxygen atoms in total. The minimum Gasteiger partial charge on any atom is -0.319 e. The lowest BCUT2D eigenvalue weighted by molar-refractivity contribution is -0.632. The van der Waals surface area contributed by atoms with E-state index in [4.69, 9.17) is 11.7 Å². The van der Waals surface area contributed by atoms with Crippen LogP contribution in [0.2, 0.25) is 0 Å². The van der Waals surface area contributed by atoms with Gasteiger partial charge in [-0.1, -0.05) is 0 Å². The minimum atomic E-state index is -0.939. The van der Waals surface area contributed by atoms with Gasteiger partial charge in [0.05, 0.1) is 0 Å². The molecule has 0 amide bonds. The fourth-order valence-electron chi connectivity index (χ4n) is 0.240. The van der Waals surface area contributed by atoms with Gasteiger partial charge in [-0.2, -0.15) is 5.84 Å². The largest absolute Gasteiger partial charge is 0.319 e. The normalized spacial score (nSPS) is 10.8. The lowest BCUT2D eigenvalue weighted by Crippen LogP contribution is -2.51. The lowest BCUT2D eigenvalue weighted by Gasteiger charge is -2.06. The van der Waals surface area contributed by atoms with Crippen LogP contribution in [0.25, 0.3) is 0 Å². The Morgan fingerprint density at radius 3 is 2.40 bits per heavy atom. The van der Waals surface area contributed by atoms with Crippen LogP contribution in [-0.2, 0) is 0 Å². The Balaban J connectivity index is 4.17. The van der Waals surface area contributed by atoms with E-state index >= 15 is 0 Å². The third-order valence-electron chi connectivity index (χ3n) is 0.644. The molecule has 0 fully saturated rings. The number of hydrazone groups is 1. The topological polar surface area (TPSA) is 149 Å². The maximum absolute atomic E-state index is 9.83. The Bertz CT molecular complexity index is 152. The second-order valence-corrected chi connectivity index (χ2v) is 1.18. The average Bonchev–Trinajstić information content (AvgIpc) is 1.90. The summed E-state index contributed by atoms with van der Waals surface area (Å²) in [4.78, 5) is 9.83. The highest BCUT2D eigenvalue weighted by atomic mass is 16.7. The molecule has 0 spiro atoms. The number of nitrogens with zero attached hydrogens (tertiary/aromatic N) is 3. The van der Waals surface area contributed by atoms with Gasteiger partial charge < -0.3 is 5.84 Å². The molecular weight excluding hydrogens is 142 g/mol. The zero-order valence-electron chi connectivity index (χ0n) is 4.89. The smallest absolute Gasteiger partial charge is 0.312 e. The first-order valence-electron chi connectivity index (χ1n) is 2.07. The number of nitrogens with one attached hydrogen (secondary N) is 1. The third kappa shape index (κ3) is 1.72. The Hall–Kier alpha value is -1.61. The van der Waals surface area contributed by atoms with Crippen LogP contribution < -0.4 is 23.0 Å². The van der Waals surface area contributed by atoms with Crippen molar-refractivity contribution in [2.75, 3.05) is 0 Å². The van der Waals surface area contributed by atoms with Crippen LogP contribution in [0.15, 0.2) is 5.10 Å². The molecule has 0 unspecified atom stereocenters. The summed E-state index contributed by atoms with van der Waals surface area (Å²) in [5.41, 5.74) is 1.82. The SMILES string of the molecule is NN=C(NN)N(N)[N+](=O)[O-]. The van der Waals surface area contributed by atoms with E-state index < -0.39 is 11.0 Å². The molecule has 0 aliphatic rings. The fourth-order valence-corrected chi connectivity index (χ4v) is 0.240. The van der Waals surface area contributed by atoms with Gasteiger partial charge in [0.2, 0.25) is 0 Å². The van der Waals surface area contributed by atoms with Crippen LogP contribution in [-0.4, -0.2) is 16.1 Å². The summed E-state index contributed by atoms with van der Waals surface area (Å²) in [6.07, 6.45) is 0. The van der Waals surface area contributed by atoms with Crippen LogP contribution in [0.4, 0.5) is 0 Å². The molecule has 0 aromatic rings. The second-order valence-electron chi connectivity index (χ2n) is 1.18. The van der Waals surface area contributed by atoms with Crippen LogP contribution in [0.1, 0.15) is 0 Å². The molecule has 0 saturated carbocycles. The van der Waals surface area contributed by atoms with Gasteiger partial charge in [-0.25, -0.2) is 16.0 Å². The molecule has 0 aliphatic heterocycles. The average molecular weight is 149 g/mol. The minimum absolute atomic E-state index is 0.0556. The summed E-state index contributed by atoms with van der Waals surface area (Å²) in [5.74, 6) is 13.7. The standard InChI is InChI=1S/CH7N7O2/c2-5-1(6-3)7(4)8(9)10/h2-4H2,(H,5,6). The van der Waals surface area contributed by atoms with Gasteiger partial charge in [0.1, 0.15) is 0 Å². The van der Waals surface area contributed by atoms with Crippen LogP contribution >= 0.6 is 0 Å². The summed E-state index contributed by atoms with van der Waals surface area (Å²) in [6, 6.07) is 0. The molecule has 0 aliphatic carbocycles. The second kappa shape index (κ2) is 3.42. The van der Waals surface area contributed by atoms with Crippen molar-refractivity contribution in [2.24, 2.45) is 22.6 Å². The van der Waals surface area contributed by atoms with Crippen molar-refractivity contribution >= 4 is 5.96 Å². The number of hydrogen-bond acceptors (Lipinski definition) is 6. The molecule has 0 aromatic carbocycles. The molecule has 58 valence electrons. The Kier molecular flexibility index (Phi) is 2.87. The Morgan fingerprint density at radius 2 is 2.30 bits per heavy atom. The van der Waals surface area contributed by atoms with Crippen LogP contribution in [0, 0.1) is 10.1 Å². The molecule has 0 atom stereocenters. The predicted molar refractivity (Wildman–Crippen MR) is 32.0 cm³/mol. The summed E-state index contributed by atoms with van der Waals surface area (Å²) in [5, 5.41) is 11.8. The zero-order chi connectivity index (χ0) is 8.15. The highest BCUT2D eigenvalue weighted by molar-refractivity contribution is 5.77. The first kappa shape index (κ1) is 8.39. The van der Waals surface area contributed by atoms with E-state index in [2.05, 4.69) is 10.9 Å². The van der Waals surface area contributed by atoms with Gasteiger partial charge in [0.25, 0.3) is 0 Å². The number of guanidine groups is 1. The highest BCUT2D eigenvalue weighted by Crippen LogP contribution is 1.75. The molecule has 0 rings (SSSR count). The monoisotopic (exact) mass is 149 g/mol. The van der Waals surface area contributed by atoms with E-state index in [0.29, 0.717) is 0 Å². The van der Waals surface area contributed by atoms with Crippen LogP contribution in [0.3, 0.4) is 0 Å². The molecule has 0 radical (unpaired) electrons. The van der Waals surface area contributed by atoms with Gasteiger partial charge >= 0.3 is 5.96 Å². The molecule has 10 heavy (non-hydrogen) atoms. The third-order valence-corrected chi connectivity index (χ3v) is 0.644. The Morgan fingerprint density at radius 1 is 1.80 bits per heavy atom. The maximum Gasteiger partial charge on any atom is 0.312 e. The van der Waals surface area contributed by atoms with Gasteiger partial charge in [-0.05, 0) is 0 Å².